The highest BCUT2D eigenvalue weighted by Gasteiger charge is 2.12. The summed E-state index contributed by atoms with van der Waals surface area (Å²) in [6.45, 7) is 1.99. The van der Waals surface area contributed by atoms with Crippen LogP contribution in [-0.4, -0.2) is 25.1 Å². The van der Waals surface area contributed by atoms with Crippen LogP contribution < -0.4 is 20.1 Å². The molecule has 0 heterocycles. The Bertz CT molecular complexity index is 1060. The first-order valence-corrected chi connectivity index (χ1v) is 10.3. The minimum Gasteiger partial charge on any atom is -0.493 e. The second-order valence-electron chi connectivity index (χ2n) is 6.89. The molecule has 0 fully saturated rings. The molecule has 0 aromatic heterocycles. The molecule has 2 N–H and O–H groups in total. The Balaban J connectivity index is 1.54. The highest BCUT2D eigenvalue weighted by Crippen LogP contribution is 2.32. The van der Waals surface area contributed by atoms with E-state index in [0.717, 1.165) is 11.1 Å². The van der Waals surface area contributed by atoms with Crippen LogP contribution in [0.3, 0.4) is 0 Å². The van der Waals surface area contributed by atoms with Gasteiger partial charge in [0.2, 0.25) is 0 Å². The Kier molecular flexibility index (Phi) is 8.24. The first-order chi connectivity index (χ1) is 15.5. The molecule has 0 spiro atoms. The maximum atomic E-state index is 13.1. The zero-order valence-electron chi connectivity index (χ0n) is 17.4. The van der Waals surface area contributed by atoms with Crippen LogP contribution in [0.4, 0.5) is 15.8 Å². The fourth-order valence-electron chi connectivity index (χ4n) is 3.03. The lowest BCUT2D eigenvalue weighted by Gasteiger charge is -2.16. The van der Waals surface area contributed by atoms with Crippen molar-refractivity contribution >= 4 is 23.0 Å². The van der Waals surface area contributed by atoms with E-state index in [9.17, 15) is 14.5 Å². The van der Waals surface area contributed by atoms with Crippen LogP contribution in [-0.2, 0) is 13.2 Å². The Morgan fingerprint density at radius 2 is 1.88 bits per heavy atom. The van der Waals surface area contributed by atoms with Crippen molar-refractivity contribution in [3.8, 4) is 11.5 Å². The van der Waals surface area contributed by atoms with E-state index in [1.807, 2.05) is 18.2 Å². The predicted molar refractivity (Wildman–Crippen MR) is 122 cm³/mol. The maximum absolute atomic E-state index is 13.1. The second kappa shape index (κ2) is 11.3. The van der Waals surface area contributed by atoms with Gasteiger partial charge in [0.15, 0.2) is 11.5 Å². The van der Waals surface area contributed by atoms with Gasteiger partial charge in [0.05, 0.1) is 22.7 Å². The SMILES string of the molecule is COc1cccc(CNCCNc2ccc([N+](=O)[O-])cc2Cl)c1OCc1ccc(F)cc1. The molecular formula is C23H23ClFN3O4. The van der Waals surface area contributed by atoms with Gasteiger partial charge in [-0.15, -0.1) is 0 Å². The fraction of sp³-hybridized carbons (Fsp3) is 0.217. The Morgan fingerprint density at radius 3 is 2.56 bits per heavy atom. The average molecular weight is 460 g/mol. The molecule has 168 valence electrons. The summed E-state index contributed by atoms with van der Waals surface area (Å²) in [4.78, 5) is 10.3. The van der Waals surface area contributed by atoms with Crippen LogP contribution in [0, 0.1) is 15.9 Å². The summed E-state index contributed by atoms with van der Waals surface area (Å²) in [5.74, 6) is 0.944. The molecule has 3 rings (SSSR count). The van der Waals surface area contributed by atoms with Crippen molar-refractivity contribution in [1.29, 1.82) is 0 Å². The van der Waals surface area contributed by atoms with Crippen molar-refractivity contribution in [2.45, 2.75) is 13.2 Å². The minimum absolute atomic E-state index is 0.0510. The molecule has 9 heteroatoms. The van der Waals surface area contributed by atoms with Crippen molar-refractivity contribution < 1.29 is 18.8 Å². The average Bonchev–Trinajstić information content (AvgIpc) is 2.79. The van der Waals surface area contributed by atoms with Crippen molar-refractivity contribution in [1.82, 2.24) is 5.32 Å². The van der Waals surface area contributed by atoms with Gasteiger partial charge < -0.3 is 20.1 Å². The summed E-state index contributed by atoms with van der Waals surface area (Å²) in [7, 11) is 1.58. The summed E-state index contributed by atoms with van der Waals surface area (Å²) in [6, 6.07) is 16.1. The molecule has 3 aromatic carbocycles. The standard InChI is InChI=1S/C23H23ClFN3O4/c1-31-22-4-2-3-17(23(22)32-15-16-5-7-18(25)8-6-16)14-26-11-12-27-21-10-9-19(28(29)30)13-20(21)24/h2-10,13,26-27H,11-12,14-15H2,1H3. The van der Waals surface area contributed by atoms with Gasteiger partial charge in [-0.3, -0.25) is 10.1 Å². The summed E-state index contributed by atoms with van der Waals surface area (Å²) < 4.78 is 24.5. The zero-order valence-corrected chi connectivity index (χ0v) is 18.2. The molecule has 0 aliphatic carbocycles. The largest absolute Gasteiger partial charge is 0.493 e. The number of ether oxygens (including phenoxy) is 2. The molecule has 0 saturated carbocycles. The van der Waals surface area contributed by atoms with Crippen LogP contribution in [0.15, 0.2) is 60.7 Å². The number of non-ortho nitro benzene ring substituents is 1. The summed E-state index contributed by atoms with van der Waals surface area (Å²) in [6.07, 6.45) is 0. The first-order valence-electron chi connectivity index (χ1n) is 9.89. The van der Waals surface area contributed by atoms with E-state index in [0.29, 0.717) is 41.8 Å². The van der Waals surface area contributed by atoms with Gasteiger partial charge in [-0.1, -0.05) is 35.9 Å². The van der Waals surface area contributed by atoms with Crippen LogP contribution in [0.2, 0.25) is 5.02 Å². The van der Waals surface area contributed by atoms with Crippen molar-refractivity contribution in [2.75, 3.05) is 25.5 Å². The van der Waals surface area contributed by atoms with Gasteiger partial charge in [-0.25, -0.2) is 4.39 Å². The Hall–Kier alpha value is -3.36. The topological polar surface area (TPSA) is 85.7 Å². The highest BCUT2D eigenvalue weighted by atomic mass is 35.5. The third-order valence-electron chi connectivity index (χ3n) is 4.67. The lowest BCUT2D eigenvalue weighted by molar-refractivity contribution is -0.384. The number of nitrogens with one attached hydrogen (secondary N) is 2. The lowest BCUT2D eigenvalue weighted by atomic mass is 10.1. The minimum atomic E-state index is -0.485. The normalized spacial score (nSPS) is 10.6. The molecule has 0 bridgehead atoms. The fourth-order valence-corrected chi connectivity index (χ4v) is 3.27. The number of nitrogens with zero attached hydrogens (tertiary/aromatic N) is 1. The van der Waals surface area contributed by atoms with E-state index in [2.05, 4.69) is 10.6 Å². The van der Waals surface area contributed by atoms with E-state index < -0.39 is 4.92 Å². The van der Waals surface area contributed by atoms with E-state index in [1.165, 1.54) is 24.3 Å². The molecule has 7 nitrogen and oxygen atoms in total. The molecule has 0 aliphatic rings. The molecule has 0 aliphatic heterocycles. The number of benzene rings is 3. The van der Waals surface area contributed by atoms with Gasteiger partial charge in [0, 0.05) is 37.3 Å². The van der Waals surface area contributed by atoms with Gasteiger partial charge >= 0.3 is 0 Å². The maximum Gasteiger partial charge on any atom is 0.271 e. The van der Waals surface area contributed by atoms with Crippen molar-refractivity contribution in [2.24, 2.45) is 0 Å². The lowest BCUT2D eigenvalue weighted by Crippen LogP contribution is -2.22. The van der Waals surface area contributed by atoms with Gasteiger partial charge in [0.25, 0.3) is 5.69 Å². The molecule has 0 saturated heterocycles. The van der Waals surface area contributed by atoms with E-state index in [-0.39, 0.29) is 18.1 Å². The zero-order chi connectivity index (χ0) is 22.9. The van der Waals surface area contributed by atoms with Gasteiger partial charge in [0.1, 0.15) is 12.4 Å². The molecule has 0 radical (unpaired) electrons. The molecule has 0 unspecified atom stereocenters. The number of hydrogen-bond donors (Lipinski definition) is 2. The summed E-state index contributed by atoms with van der Waals surface area (Å²) in [5, 5.41) is 17.6. The van der Waals surface area contributed by atoms with E-state index in [1.54, 1.807) is 25.3 Å². The monoisotopic (exact) mass is 459 g/mol. The van der Waals surface area contributed by atoms with Crippen LogP contribution in [0.1, 0.15) is 11.1 Å². The highest BCUT2D eigenvalue weighted by molar-refractivity contribution is 6.33. The van der Waals surface area contributed by atoms with Crippen molar-refractivity contribution in [3.05, 3.63) is 92.7 Å². The second-order valence-corrected chi connectivity index (χ2v) is 7.30. The number of methoxy groups -OCH3 is 1. The predicted octanol–water partition coefficient (Wildman–Crippen LogP) is 5.18. The number of rotatable bonds is 11. The number of hydrogen-bond acceptors (Lipinski definition) is 6. The molecule has 0 amide bonds. The van der Waals surface area contributed by atoms with Gasteiger partial charge in [-0.2, -0.15) is 0 Å². The molecular weight excluding hydrogens is 437 g/mol. The van der Waals surface area contributed by atoms with Crippen LogP contribution >= 0.6 is 11.6 Å². The summed E-state index contributed by atoms with van der Waals surface area (Å²) in [5.41, 5.74) is 2.34. The Morgan fingerprint density at radius 1 is 1.09 bits per heavy atom. The van der Waals surface area contributed by atoms with Gasteiger partial charge in [-0.05, 0) is 29.8 Å². The number of anilines is 1. The number of para-hydroxylation sites is 1. The third-order valence-corrected chi connectivity index (χ3v) is 4.99. The quantitative estimate of drug-likeness (QED) is 0.233. The van der Waals surface area contributed by atoms with Crippen LogP contribution in [0.25, 0.3) is 0 Å². The number of nitro groups is 1. The third kappa shape index (κ3) is 6.32. The Labute approximate surface area is 190 Å². The first kappa shape index (κ1) is 23.3. The number of halogens is 2. The van der Waals surface area contributed by atoms with E-state index in [4.69, 9.17) is 21.1 Å². The molecule has 3 aromatic rings. The number of nitro benzene ring substituents is 1. The van der Waals surface area contributed by atoms with Crippen molar-refractivity contribution in [3.63, 3.8) is 0 Å². The molecule has 32 heavy (non-hydrogen) atoms. The molecule has 0 atom stereocenters. The van der Waals surface area contributed by atoms with Crippen LogP contribution in [0.5, 0.6) is 11.5 Å². The smallest absolute Gasteiger partial charge is 0.271 e. The van der Waals surface area contributed by atoms with E-state index >= 15 is 0 Å². The summed E-state index contributed by atoms with van der Waals surface area (Å²) >= 11 is 6.09.